The van der Waals surface area contributed by atoms with Crippen molar-refractivity contribution in [3.05, 3.63) is 59.4 Å². The minimum Gasteiger partial charge on any atom is -0.394 e. The lowest BCUT2D eigenvalue weighted by molar-refractivity contribution is -0.127. The first-order chi connectivity index (χ1) is 14.9. The summed E-state index contributed by atoms with van der Waals surface area (Å²) in [5, 5.41) is 12.8. The molecule has 0 radical (unpaired) electrons. The second kappa shape index (κ2) is 11.0. The molecule has 0 bridgehead atoms. The zero-order valence-electron chi connectivity index (χ0n) is 16.9. The van der Waals surface area contributed by atoms with Gasteiger partial charge in [-0.1, -0.05) is 29.8 Å². The summed E-state index contributed by atoms with van der Waals surface area (Å²) in [5.41, 5.74) is 0.806. The maximum absolute atomic E-state index is 12.4. The number of carbonyl (C=O) groups excluding carboxylic acids is 1. The van der Waals surface area contributed by atoms with Crippen LogP contribution in [0.25, 0.3) is 0 Å². The molecule has 2 aromatic rings. The summed E-state index contributed by atoms with van der Waals surface area (Å²) in [7, 11) is -3.72. The van der Waals surface area contributed by atoms with E-state index in [4.69, 9.17) is 16.3 Å². The normalized spacial score (nSPS) is 21.5. The van der Waals surface area contributed by atoms with Crippen LogP contribution in [-0.4, -0.2) is 55.8 Å². The summed E-state index contributed by atoms with van der Waals surface area (Å²) in [6.07, 6.45) is 4.43. The first kappa shape index (κ1) is 23.6. The Hall–Kier alpha value is -2.04. The number of nitrogens with zero attached hydrogens (tertiary/aromatic N) is 1. The minimum atomic E-state index is -3.72. The number of sulfonamides is 1. The monoisotopic (exact) mass is 467 g/mol. The van der Waals surface area contributed by atoms with Crippen molar-refractivity contribution in [3.63, 3.8) is 0 Å². The average Bonchev–Trinajstić information content (AvgIpc) is 2.75. The van der Waals surface area contributed by atoms with Crippen molar-refractivity contribution in [2.75, 3.05) is 13.2 Å². The van der Waals surface area contributed by atoms with Gasteiger partial charge in [-0.2, -0.15) is 0 Å². The molecule has 3 rings (SSSR count). The number of pyridine rings is 1. The molecule has 1 aliphatic heterocycles. The van der Waals surface area contributed by atoms with E-state index in [0.29, 0.717) is 19.3 Å². The Morgan fingerprint density at radius 3 is 2.74 bits per heavy atom. The van der Waals surface area contributed by atoms with Crippen LogP contribution >= 0.6 is 11.6 Å². The second-order valence-electron chi connectivity index (χ2n) is 7.39. The Kier molecular flexibility index (Phi) is 8.39. The van der Waals surface area contributed by atoms with Gasteiger partial charge in [-0.3, -0.25) is 9.78 Å². The summed E-state index contributed by atoms with van der Waals surface area (Å²) >= 11 is 5.97. The molecule has 10 heteroatoms. The van der Waals surface area contributed by atoms with Crippen molar-refractivity contribution in [2.24, 2.45) is 0 Å². The second-order valence-corrected chi connectivity index (χ2v) is 9.53. The number of hydrogen-bond donors (Lipinski definition) is 3. The molecule has 1 aromatic carbocycles. The lowest BCUT2D eigenvalue weighted by Gasteiger charge is -2.36. The average molecular weight is 468 g/mol. The molecule has 0 unspecified atom stereocenters. The molecule has 1 saturated heterocycles. The van der Waals surface area contributed by atoms with Crippen LogP contribution in [0.5, 0.6) is 0 Å². The highest BCUT2D eigenvalue weighted by Gasteiger charge is 2.32. The molecule has 2 heterocycles. The summed E-state index contributed by atoms with van der Waals surface area (Å²) < 4.78 is 33.3. The number of aliphatic hydroxyl groups is 1. The molecule has 0 aliphatic carbocycles. The van der Waals surface area contributed by atoms with Gasteiger partial charge in [0.15, 0.2) is 0 Å². The quantitative estimate of drug-likeness (QED) is 0.516. The fourth-order valence-electron chi connectivity index (χ4n) is 3.55. The van der Waals surface area contributed by atoms with Crippen LogP contribution < -0.4 is 10.0 Å². The fourth-order valence-corrected chi connectivity index (χ4v) is 5.11. The highest BCUT2D eigenvalue weighted by atomic mass is 35.5. The van der Waals surface area contributed by atoms with Crippen LogP contribution in [0.2, 0.25) is 5.02 Å². The van der Waals surface area contributed by atoms with Crippen LogP contribution in [0.4, 0.5) is 0 Å². The molecule has 0 spiro atoms. The number of nitrogens with one attached hydrogen (secondary N) is 2. The lowest BCUT2D eigenvalue weighted by Crippen LogP contribution is -2.51. The largest absolute Gasteiger partial charge is 0.394 e. The van der Waals surface area contributed by atoms with Gasteiger partial charge in [0, 0.05) is 18.9 Å². The Balaban J connectivity index is 1.47. The van der Waals surface area contributed by atoms with E-state index < -0.39 is 16.1 Å². The third-order valence-electron chi connectivity index (χ3n) is 5.11. The maximum Gasteiger partial charge on any atom is 0.242 e. The molecule has 1 amide bonds. The molecule has 168 valence electrons. The number of rotatable bonds is 9. The van der Waals surface area contributed by atoms with Gasteiger partial charge < -0.3 is 15.2 Å². The molecule has 31 heavy (non-hydrogen) atoms. The number of hydrogen-bond acceptors (Lipinski definition) is 6. The van der Waals surface area contributed by atoms with Crippen molar-refractivity contribution in [1.82, 2.24) is 15.0 Å². The summed E-state index contributed by atoms with van der Waals surface area (Å²) in [6.45, 7) is -0.0614. The van der Waals surface area contributed by atoms with E-state index in [1.165, 1.54) is 12.1 Å². The van der Waals surface area contributed by atoms with E-state index >= 15 is 0 Å². The molecule has 3 N–H and O–H groups in total. The Labute approximate surface area is 187 Å². The maximum atomic E-state index is 12.4. The standard InChI is InChI=1S/C21H26ClN3O5S/c22-17-5-1-2-6-20(17)31(28,29)24-11-9-16-7-8-18(19(14-26)30-16)25-21(27)12-15-4-3-10-23-13-15/h1-6,10,13,16,18-19,24,26H,7-9,11-12,14H2,(H,25,27)/t16-,18-,19-/m1/s1. The van der Waals surface area contributed by atoms with E-state index in [1.54, 1.807) is 30.6 Å². The summed E-state index contributed by atoms with van der Waals surface area (Å²) in [4.78, 5) is 16.3. The van der Waals surface area contributed by atoms with Crippen molar-refractivity contribution in [3.8, 4) is 0 Å². The van der Waals surface area contributed by atoms with Crippen LogP contribution in [0.3, 0.4) is 0 Å². The Morgan fingerprint density at radius 1 is 1.23 bits per heavy atom. The Morgan fingerprint density at radius 2 is 2.03 bits per heavy atom. The van der Waals surface area contributed by atoms with Crippen molar-refractivity contribution < 1.29 is 23.1 Å². The number of ether oxygens (including phenoxy) is 1. The van der Waals surface area contributed by atoms with Crippen molar-refractivity contribution >= 4 is 27.5 Å². The molecular formula is C21H26ClN3O5S. The number of amides is 1. The third-order valence-corrected chi connectivity index (χ3v) is 7.07. The summed E-state index contributed by atoms with van der Waals surface area (Å²) in [6, 6.07) is 9.54. The first-order valence-electron chi connectivity index (χ1n) is 10.1. The van der Waals surface area contributed by atoms with E-state index in [1.807, 2.05) is 6.07 Å². The zero-order valence-corrected chi connectivity index (χ0v) is 18.5. The van der Waals surface area contributed by atoms with Crippen LogP contribution in [0.15, 0.2) is 53.7 Å². The summed E-state index contributed by atoms with van der Waals surface area (Å²) in [5.74, 6) is -0.161. The van der Waals surface area contributed by atoms with Gasteiger partial charge in [0.2, 0.25) is 15.9 Å². The fraction of sp³-hybridized carbons (Fsp3) is 0.429. The van der Waals surface area contributed by atoms with E-state index in [9.17, 15) is 18.3 Å². The third kappa shape index (κ3) is 6.72. The van der Waals surface area contributed by atoms with Crippen LogP contribution in [0.1, 0.15) is 24.8 Å². The SMILES string of the molecule is O=C(Cc1cccnc1)N[C@@H]1CC[C@H](CCNS(=O)(=O)c2ccccc2Cl)O[C@@H]1CO. The van der Waals surface area contributed by atoms with E-state index in [2.05, 4.69) is 15.0 Å². The van der Waals surface area contributed by atoms with E-state index in [0.717, 1.165) is 5.56 Å². The van der Waals surface area contributed by atoms with Gasteiger partial charge in [0.25, 0.3) is 0 Å². The predicted molar refractivity (Wildman–Crippen MR) is 116 cm³/mol. The van der Waals surface area contributed by atoms with Gasteiger partial charge in [-0.15, -0.1) is 0 Å². The van der Waals surface area contributed by atoms with Crippen LogP contribution in [0, 0.1) is 0 Å². The van der Waals surface area contributed by atoms with Gasteiger partial charge in [-0.25, -0.2) is 13.1 Å². The minimum absolute atomic E-state index is 0.0332. The highest BCUT2D eigenvalue weighted by Crippen LogP contribution is 2.23. The predicted octanol–water partition coefficient (Wildman–Crippen LogP) is 1.67. The number of benzene rings is 1. The number of halogens is 1. The zero-order chi connectivity index (χ0) is 22.3. The number of carbonyl (C=O) groups is 1. The van der Waals surface area contributed by atoms with Crippen molar-refractivity contribution in [2.45, 2.75) is 48.8 Å². The number of aliphatic hydroxyl groups excluding tert-OH is 1. The van der Waals surface area contributed by atoms with Crippen molar-refractivity contribution in [1.29, 1.82) is 0 Å². The first-order valence-corrected chi connectivity index (χ1v) is 11.9. The molecule has 1 fully saturated rings. The van der Waals surface area contributed by atoms with Gasteiger partial charge >= 0.3 is 0 Å². The molecule has 0 saturated carbocycles. The van der Waals surface area contributed by atoms with Gasteiger partial charge in [0.05, 0.1) is 30.2 Å². The van der Waals surface area contributed by atoms with E-state index in [-0.39, 0.29) is 47.5 Å². The van der Waals surface area contributed by atoms with Gasteiger partial charge in [0.1, 0.15) is 11.0 Å². The number of aromatic nitrogens is 1. The smallest absolute Gasteiger partial charge is 0.242 e. The lowest BCUT2D eigenvalue weighted by atomic mass is 9.97. The molecule has 8 nitrogen and oxygen atoms in total. The molecule has 1 aliphatic rings. The highest BCUT2D eigenvalue weighted by molar-refractivity contribution is 7.89. The molecule has 1 aromatic heterocycles. The Bertz CT molecular complexity index is 974. The molecule has 3 atom stereocenters. The topological polar surface area (TPSA) is 118 Å². The van der Waals surface area contributed by atoms with Gasteiger partial charge in [-0.05, 0) is 43.0 Å². The molecular weight excluding hydrogens is 442 g/mol. The van der Waals surface area contributed by atoms with Crippen LogP contribution in [-0.2, 0) is 26.0 Å².